The second-order valence-corrected chi connectivity index (χ2v) is 4.47. The Morgan fingerprint density at radius 3 is 2.80 bits per heavy atom. The predicted octanol–water partition coefficient (Wildman–Crippen LogP) is 1.17. The largest absolute Gasteiger partial charge is 0.326 e. The van der Waals surface area contributed by atoms with E-state index in [-0.39, 0.29) is 11.4 Å². The molecule has 1 aromatic rings. The predicted molar refractivity (Wildman–Crippen MR) is 59.5 cm³/mol. The lowest BCUT2D eigenvalue weighted by Gasteiger charge is -2.17. The minimum atomic E-state index is -0.307. The van der Waals surface area contributed by atoms with Gasteiger partial charge in [-0.2, -0.15) is 5.10 Å². The van der Waals surface area contributed by atoms with E-state index in [0.717, 1.165) is 5.69 Å². The fraction of sp³-hybridized carbons (Fsp3) is 0.600. The molecule has 0 aromatic carbocycles. The number of nitrogens with one attached hydrogen (secondary N) is 2. The third kappa shape index (κ3) is 4.60. The first-order valence-electron chi connectivity index (χ1n) is 4.97. The lowest BCUT2D eigenvalue weighted by atomic mass is 10.00. The van der Waals surface area contributed by atoms with Gasteiger partial charge in [0.15, 0.2) is 5.82 Å². The highest BCUT2D eigenvalue weighted by atomic mass is 16.1. The van der Waals surface area contributed by atoms with Crippen molar-refractivity contribution in [1.29, 1.82) is 0 Å². The second-order valence-electron chi connectivity index (χ2n) is 4.47. The Kier molecular flexibility index (Phi) is 3.47. The summed E-state index contributed by atoms with van der Waals surface area (Å²) in [6.45, 7) is 5.68. The number of H-pyrrole nitrogens is 1. The van der Waals surface area contributed by atoms with E-state index in [1.807, 2.05) is 20.8 Å². The number of carbonyl (C=O) groups is 1. The number of rotatable bonds is 4. The maximum atomic E-state index is 11.4. The average molecular weight is 210 g/mol. The highest BCUT2D eigenvalue weighted by Crippen LogP contribution is 2.09. The lowest BCUT2D eigenvalue weighted by Crippen LogP contribution is -2.33. The summed E-state index contributed by atoms with van der Waals surface area (Å²) in [5.74, 6) is 0.507. The maximum absolute atomic E-state index is 11.4. The Morgan fingerprint density at radius 1 is 1.67 bits per heavy atom. The Hall–Kier alpha value is -1.36. The molecule has 15 heavy (non-hydrogen) atoms. The molecule has 0 aliphatic rings. The molecular weight excluding hydrogens is 192 g/mol. The highest BCUT2D eigenvalue weighted by Gasteiger charge is 2.13. The van der Waals surface area contributed by atoms with Gasteiger partial charge in [-0.05, 0) is 27.2 Å². The summed E-state index contributed by atoms with van der Waals surface area (Å²) in [6, 6.07) is 1.78. The van der Waals surface area contributed by atoms with Crippen molar-refractivity contribution in [1.82, 2.24) is 10.2 Å². The second kappa shape index (κ2) is 4.44. The number of nitrogens with zero attached hydrogens (tertiary/aromatic N) is 1. The quantitative estimate of drug-likeness (QED) is 0.697. The van der Waals surface area contributed by atoms with E-state index in [9.17, 15) is 4.79 Å². The number of carbonyl (C=O) groups excluding carboxylic acids is 1. The molecule has 0 atom stereocenters. The van der Waals surface area contributed by atoms with Crippen LogP contribution in [0.25, 0.3) is 0 Å². The smallest absolute Gasteiger partial charge is 0.225 e. The molecule has 0 unspecified atom stereocenters. The molecule has 84 valence electrons. The van der Waals surface area contributed by atoms with Crippen LogP contribution in [0.15, 0.2) is 6.07 Å². The van der Waals surface area contributed by atoms with E-state index in [0.29, 0.717) is 18.7 Å². The van der Waals surface area contributed by atoms with Crippen LogP contribution < -0.4 is 11.1 Å². The van der Waals surface area contributed by atoms with Crippen LogP contribution >= 0.6 is 0 Å². The number of anilines is 1. The average Bonchev–Trinajstić information content (AvgIpc) is 2.47. The van der Waals surface area contributed by atoms with Crippen LogP contribution in [0.3, 0.4) is 0 Å². The van der Waals surface area contributed by atoms with E-state index in [4.69, 9.17) is 5.73 Å². The van der Waals surface area contributed by atoms with Crippen molar-refractivity contribution in [2.45, 2.75) is 39.2 Å². The maximum Gasteiger partial charge on any atom is 0.225 e. The van der Waals surface area contributed by atoms with Crippen LogP contribution in [0, 0.1) is 6.92 Å². The van der Waals surface area contributed by atoms with Crippen molar-refractivity contribution < 1.29 is 4.79 Å². The molecule has 1 amide bonds. The Morgan fingerprint density at radius 2 is 2.33 bits per heavy atom. The number of aromatic amines is 1. The van der Waals surface area contributed by atoms with Crippen LogP contribution in [0.5, 0.6) is 0 Å². The number of amides is 1. The van der Waals surface area contributed by atoms with Gasteiger partial charge in [-0.3, -0.25) is 9.89 Å². The number of hydrogen-bond donors (Lipinski definition) is 3. The van der Waals surface area contributed by atoms with Gasteiger partial charge in [-0.1, -0.05) is 0 Å². The van der Waals surface area contributed by atoms with Gasteiger partial charge in [-0.25, -0.2) is 0 Å². The monoisotopic (exact) mass is 210 g/mol. The van der Waals surface area contributed by atoms with E-state index in [1.54, 1.807) is 6.07 Å². The Labute approximate surface area is 89.4 Å². The van der Waals surface area contributed by atoms with E-state index in [2.05, 4.69) is 15.5 Å². The van der Waals surface area contributed by atoms with Crippen molar-refractivity contribution in [3.05, 3.63) is 11.8 Å². The van der Waals surface area contributed by atoms with Gasteiger partial charge in [0.1, 0.15) is 0 Å². The van der Waals surface area contributed by atoms with Crippen LogP contribution in [0.4, 0.5) is 5.82 Å². The molecule has 0 bridgehead atoms. The number of aromatic nitrogens is 2. The SMILES string of the molecule is Cc1cc(NC(=O)CCC(C)(C)N)n[nH]1. The normalized spacial score (nSPS) is 11.5. The molecule has 1 heterocycles. The van der Waals surface area contributed by atoms with E-state index >= 15 is 0 Å². The molecule has 5 heteroatoms. The summed E-state index contributed by atoms with van der Waals surface area (Å²) in [4.78, 5) is 11.4. The molecule has 0 spiro atoms. The first-order valence-corrected chi connectivity index (χ1v) is 4.97. The third-order valence-corrected chi connectivity index (χ3v) is 1.97. The molecular formula is C10H18N4O. The molecule has 0 aliphatic carbocycles. The Bertz CT molecular complexity index is 337. The van der Waals surface area contributed by atoms with Gasteiger partial charge < -0.3 is 11.1 Å². The molecule has 1 aromatic heterocycles. The van der Waals surface area contributed by atoms with Crippen molar-refractivity contribution in [3.63, 3.8) is 0 Å². The number of nitrogens with two attached hydrogens (primary N) is 1. The summed E-state index contributed by atoms with van der Waals surface area (Å²) in [5, 5.41) is 9.37. The summed E-state index contributed by atoms with van der Waals surface area (Å²) < 4.78 is 0. The number of aryl methyl sites for hydroxylation is 1. The lowest BCUT2D eigenvalue weighted by molar-refractivity contribution is -0.116. The van der Waals surface area contributed by atoms with Gasteiger partial charge in [-0.15, -0.1) is 0 Å². The molecule has 1 rings (SSSR count). The number of hydrogen-bond acceptors (Lipinski definition) is 3. The van der Waals surface area contributed by atoms with E-state index < -0.39 is 0 Å². The first kappa shape index (κ1) is 11.7. The summed E-state index contributed by atoms with van der Waals surface area (Å²) >= 11 is 0. The van der Waals surface area contributed by atoms with Crippen molar-refractivity contribution in [2.24, 2.45) is 5.73 Å². The summed E-state index contributed by atoms with van der Waals surface area (Å²) in [6.07, 6.45) is 1.07. The van der Waals surface area contributed by atoms with Gasteiger partial charge >= 0.3 is 0 Å². The summed E-state index contributed by atoms with van der Waals surface area (Å²) in [7, 11) is 0. The van der Waals surface area contributed by atoms with Crippen LogP contribution in [-0.4, -0.2) is 21.6 Å². The van der Waals surface area contributed by atoms with Gasteiger partial charge in [0.25, 0.3) is 0 Å². The van der Waals surface area contributed by atoms with Crippen LogP contribution in [0.1, 0.15) is 32.4 Å². The first-order chi connectivity index (χ1) is 6.87. The van der Waals surface area contributed by atoms with Gasteiger partial charge in [0.05, 0.1) is 0 Å². The zero-order valence-corrected chi connectivity index (χ0v) is 9.42. The van der Waals surface area contributed by atoms with Crippen LogP contribution in [-0.2, 0) is 4.79 Å². The molecule has 0 radical (unpaired) electrons. The molecule has 0 saturated carbocycles. The molecule has 5 nitrogen and oxygen atoms in total. The minimum Gasteiger partial charge on any atom is -0.326 e. The zero-order chi connectivity index (χ0) is 11.5. The molecule has 0 aliphatic heterocycles. The van der Waals surface area contributed by atoms with Crippen LogP contribution in [0.2, 0.25) is 0 Å². The van der Waals surface area contributed by atoms with Crippen molar-refractivity contribution >= 4 is 11.7 Å². The van der Waals surface area contributed by atoms with Crippen molar-refractivity contribution in [2.75, 3.05) is 5.32 Å². The third-order valence-electron chi connectivity index (χ3n) is 1.97. The van der Waals surface area contributed by atoms with Gasteiger partial charge in [0, 0.05) is 23.7 Å². The topological polar surface area (TPSA) is 83.8 Å². The Balaban J connectivity index is 2.37. The van der Waals surface area contributed by atoms with Crippen molar-refractivity contribution in [3.8, 4) is 0 Å². The van der Waals surface area contributed by atoms with Gasteiger partial charge in [0.2, 0.25) is 5.91 Å². The minimum absolute atomic E-state index is 0.0555. The highest BCUT2D eigenvalue weighted by molar-refractivity contribution is 5.89. The molecule has 0 fully saturated rings. The fourth-order valence-electron chi connectivity index (χ4n) is 1.12. The fourth-order valence-corrected chi connectivity index (χ4v) is 1.12. The summed E-state index contributed by atoms with van der Waals surface area (Å²) in [5.41, 5.74) is 6.39. The zero-order valence-electron chi connectivity index (χ0n) is 9.42. The molecule has 4 N–H and O–H groups in total. The molecule has 0 saturated heterocycles. The standard InChI is InChI=1S/C10H18N4O/c1-7-6-8(14-13-7)12-9(15)4-5-10(2,3)11/h6H,4-5,11H2,1-3H3,(H2,12,13,14,15). The van der Waals surface area contributed by atoms with E-state index in [1.165, 1.54) is 0 Å².